The number of hydrogen-bond donors (Lipinski definition) is 2. The number of hydrazine groups is 1. The number of nitriles is 2. The molecule has 0 aliphatic rings. The molecule has 0 bridgehead atoms. The van der Waals surface area contributed by atoms with E-state index in [1.807, 2.05) is 0 Å². The molecule has 5 nitrogen and oxygen atoms in total. The van der Waals surface area contributed by atoms with Crippen LogP contribution in [-0.2, 0) is 12.4 Å². The van der Waals surface area contributed by atoms with Crippen molar-refractivity contribution in [3.63, 3.8) is 0 Å². The van der Waals surface area contributed by atoms with Gasteiger partial charge in [0.2, 0.25) is 0 Å². The highest BCUT2D eigenvalue weighted by atomic mass is 19.4. The Morgan fingerprint density at radius 3 is 1.92 bits per heavy atom. The minimum Gasteiger partial charge on any atom is -0.301 e. The van der Waals surface area contributed by atoms with Crippen LogP contribution in [0.2, 0.25) is 0 Å². The Bertz CT molecular complexity index is 829. The predicted molar refractivity (Wildman–Crippen MR) is 77.4 cm³/mol. The van der Waals surface area contributed by atoms with Gasteiger partial charge in [0.15, 0.2) is 5.69 Å². The van der Waals surface area contributed by atoms with Crippen LogP contribution in [0.4, 0.5) is 37.7 Å². The molecular weight excluding hydrogens is 364 g/mol. The van der Waals surface area contributed by atoms with Crippen LogP contribution in [0.25, 0.3) is 0 Å². The van der Waals surface area contributed by atoms with Crippen molar-refractivity contribution in [1.82, 2.24) is 4.98 Å². The summed E-state index contributed by atoms with van der Waals surface area (Å²) in [5, 5.41) is 17.4. The highest BCUT2D eigenvalue weighted by molar-refractivity contribution is 5.57. The largest absolute Gasteiger partial charge is 0.419 e. The molecule has 1 aromatic heterocycles. The smallest absolute Gasteiger partial charge is 0.301 e. The van der Waals surface area contributed by atoms with Crippen LogP contribution in [0.15, 0.2) is 30.5 Å². The van der Waals surface area contributed by atoms with E-state index < -0.39 is 34.7 Å². The third kappa shape index (κ3) is 4.13. The first-order valence-electron chi connectivity index (χ1n) is 6.67. The summed E-state index contributed by atoms with van der Waals surface area (Å²) in [6, 6.07) is 6.00. The summed E-state index contributed by atoms with van der Waals surface area (Å²) in [4.78, 5) is 3.35. The molecule has 0 saturated carbocycles. The Labute approximate surface area is 142 Å². The number of aromatic nitrogens is 1. The lowest BCUT2D eigenvalue weighted by atomic mass is 10.1. The van der Waals surface area contributed by atoms with Gasteiger partial charge in [-0.1, -0.05) is 0 Å². The Kier molecular flexibility index (Phi) is 4.93. The number of pyridine rings is 1. The van der Waals surface area contributed by atoms with Gasteiger partial charge < -0.3 is 5.43 Å². The molecule has 0 aliphatic carbocycles. The summed E-state index contributed by atoms with van der Waals surface area (Å²) in [6.45, 7) is 0. The van der Waals surface area contributed by atoms with Crippen molar-refractivity contribution in [2.75, 3.05) is 10.9 Å². The zero-order chi connectivity index (χ0) is 19.5. The molecule has 134 valence electrons. The van der Waals surface area contributed by atoms with Crippen LogP contribution >= 0.6 is 0 Å². The number of hydrogen-bond acceptors (Lipinski definition) is 5. The van der Waals surface area contributed by atoms with Gasteiger partial charge in [-0.2, -0.15) is 36.9 Å². The molecule has 0 unspecified atom stereocenters. The fraction of sp³-hybridized carbons (Fsp3) is 0.133. The average Bonchev–Trinajstić information content (AvgIpc) is 2.58. The van der Waals surface area contributed by atoms with Crippen LogP contribution in [0, 0.1) is 22.7 Å². The van der Waals surface area contributed by atoms with Gasteiger partial charge in [0, 0.05) is 0 Å². The van der Waals surface area contributed by atoms with Crippen LogP contribution in [0.5, 0.6) is 0 Å². The van der Waals surface area contributed by atoms with Crippen LogP contribution < -0.4 is 10.9 Å². The highest BCUT2D eigenvalue weighted by Crippen LogP contribution is 2.34. The van der Waals surface area contributed by atoms with E-state index in [1.54, 1.807) is 0 Å². The molecule has 1 heterocycles. The number of nitrogens with one attached hydrogen (secondary N) is 2. The van der Waals surface area contributed by atoms with Crippen LogP contribution in [0.3, 0.4) is 0 Å². The van der Waals surface area contributed by atoms with Crippen molar-refractivity contribution >= 4 is 11.4 Å². The second-order valence-electron chi connectivity index (χ2n) is 4.85. The molecule has 1 aromatic carbocycles. The van der Waals surface area contributed by atoms with Crippen molar-refractivity contribution in [2.45, 2.75) is 12.4 Å². The lowest BCUT2D eigenvalue weighted by Gasteiger charge is -2.15. The van der Waals surface area contributed by atoms with Crippen molar-refractivity contribution in [2.24, 2.45) is 0 Å². The summed E-state index contributed by atoms with van der Waals surface area (Å²) in [5.74, 6) is 0. The number of halogens is 6. The summed E-state index contributed by atoms with van der Waals surface area (Å²) in [6.07, 6.45) is -8.69. The van der Waals surface area contributed by atoms with E-state index in [9.17, 15) is 26.3 Å². The second-order valence-corrected chi connectivity index (χ2v) is 4.85. The first-order chi connectivity index (χ1) is 12.1. The van der Waals surface area contributed by atoms with Gasteiger partial charge in [-0.05, 0) is 24.3 Å². The highest BCUT2D eigenvalue weighted by Gasteiger charge is 2.35. The second kappa shape index (κ2) is 6.80. The Morgan fingerprint density at radius 1 is 0.808 bits per heavy atom. The summed E-state index contributed by atoms with van der Waals surface area (Å²) in [5.41, 5.74) is 0.278. The standard InChI is InChI=1S/C15H7F6N5/c16-14(17,18)11-3-9(2-1-8(11)5-22)25-26-10-4-12(15(19,20)21)13(6-23)24-7-10/h1-4,7,25-26H. The third-order valence-corrected chi connectivity index (χ3v) is 3.10. The van der Waals surface area contributed by atoms with Gasteiger partial charge in [0.1, 0.15) is 6.07 Å². The van der Waals surface area contributed by atoms with Gasteiger partial charge in [0.05, 0.1) is 40.3 Å². The fourth-order valence-corrected chi connectivity index (χ4v) is 1.94. The molecule has 11 heteroatoms. The number of nitrogens with zero attached hydrogens (tertiary/aromatic N) is 3. The lowest BCUT2D eigenvalue weighted by Crippen LogP contribution is -2.14. The molecule has 0 atom stereocenters. The third-order valence-electron chi connectivity index (χ3n) is 3.10. The summed E-state index contributed by atoms with van der Waals surface area (Å²) in [7, 11) is 0. The maximum Gasteiger partial charge on any atom is 0.419 e. The lowest BCUT2D eigenvalue weighted by molar-refractivity contribution is -0.138. The monoisotopic (exact) mass is 371 g/mol. The van der Waals surface area contributed by atoms with Crippen molar-refractivity contribution in [3.05, 3.63) is 52.8 Å². The molecular formula is C15H7F6N5. The van der Waals surface area contributed by atoms with Crippen molar-refractivity contribution in [1.29, 1.82) is 10.5 Å². The van der Waals surface area contributed by atoms with E-state index in [0.29, 0.717) is 12.1 Å². The SMILES string of the molecule is N#Cc1ccc(NNc2cnc(C#N)c(C(F)(F)F)c2)cc1C(F)(F)F. The van der Waals surface area contributed by atoms with E-state index in [2.05, 4.69) is 15.8 Å². The average molecular weight is 371 g/mol. The van der Waals surface area contributed by atoms with E-state index in [4.69, 9.17) is 10.5 Å². The maximum atomic E-state index is 12.9. The molecule has 0 aliphatic heterocycles. The van der Waals surface area contributed by atoms with Gasteiger partial charge in [0.25, 0.3) is 0 Å². The molecule has 0 fully saturated rings. The zero-order valence-corrected chi connectivity index (χ0v) is 12.5. The van der Waals surface area contributed by atoms with Crippen LogP contribution in [-0.4, -0.2) is 4.98 Å². The van der Waals surface area contributed by atoms with Crippen molar-refractivity contribution < 1.29 is 26.3 Å². The summed E-state index contributed by atoms with van der Waals surface area (Å²) >= 11 is 0. The molecule has 0 spiro atoms. The zero-order valence-electron chi connectivity index (χ0n) is 12.5. The first kappa shape index (κ1) is 18.9. The van der Waals surface area contributed by atoms with Gasteiger partial charge >= 0.3 is 12.4 Å². The Morgan fingerprint density at radius 2 is 1.38 bits per heavy atom. The van der Waals surface area contributed by atoms with E-state index in [-0.39, 0.29) is 11.4 Å². The number of anilines is 2. The molecule has 0 saturated heterocycles. The van der Waals surface area contributed by atoms with E-state index >= 15 is 0 Å². The normalized spacial score (nSPS) is 11.4. The van der Waals surface area contributed by atoms with Crippen molar-refractivity contribution in [3.8, 4) is 12.1 Å². The minimum atomic E-state index is -4.83. The number of alkyl halides is 6. The Hall–Kier alpha value is -3.47. The summed E-state index contributed by atoms with van der Waals surface area (Å²) < 4.78 is 77.2. The number of rotatable bonds is 3. The molecule has 2 N–H and O–H groups in total. The van der Waals surface area contributed by atoms with E-state index in [0.717, 1.165) is 18.3 Å². The molecule has 26 heavy (non-hydrogen) atoms. The van der Waals surface area contributed by atoms with Gasteiger partial charge in [-0.15, -0.1) is 0 Å². The molecule has 0 amide bonds. The van der Waals surface area contributed by atoms with Gasteiger partial charge in [-0.3, -0.25) is 5.43 Å². The quantitative estimate of drug-likeness (QED) is 0.621. The van der Waals surface area contributed by atoms with Crippen LogP contribution in [0.1, 0.15) is 22.4 Å². The minimum absolute atomic E-state index is 0.144. The van der Waals surface area contributed by atoms with Gasteiger partial charge in [-0.25, -0.2) is 4.98 Å². The molecule has 0 radical (unpaired) electrons. The predicted octanol–water partition coefficient (Wildman–Crippen LogP) is 4.30. The maximum absolute atomic E-state index is 12.9. The molecule has 2 rings (SSSR count). The number of benzene rings is 1. The Balaban J connectivity index is 2.28. The van der Waals surface area contributed by atoms with E-state index in [1.165, 1.54) is 12.1 Å². The molecule has 2 aromatic rings. The first-order valence-corrected chi connectivity index (χ1v) is 6.67. The fourth-order valence-electron chi connectivity index (χ4n) is 1.94. The topological polar surface area (TPSA) is 84.5 Å².